The summed E-state index contributed by atoms with van der Waals surface area (Å²) >= 11 is 1.52. The molecule has 8 heteroatoms. The van der Waals surface area contributed by atoms with Crippen LogP contribution in [0.1, 0.15) is 47.6 Å². The molecule has 0 unspecified atom stereocenters. The molecule has 0 aliphatic heterocycles. The summed E-state index contributed by atoms with van der Waals surface area (Å²) in [4.78, 5) is 16.6. The second-order valence-corrected chi connectivity index (χ2v) is 5.89. The van der Waals surface area contributed by atoms with Gasteiger partial charge in [0.1, 0.15) is 12.0 Å². The van der Waals surface area contributed by atoms with Crippen LogP contribution in [0.15, 0.2) is 11.7 Å². The first-order valence-corrected chi connectivity index (χ1v) is 8.15. The number of aromatic nitrogens is 4. The fraction of sp³-hybridized carbons (Fsp3) is 0.571. The Morgan fingerprint density at radius 1 is 1.55 bits per heavy atom. The Labute approximate surface area is 133 Å². The molecule has 2 heterocycles. The van der Waals surface area contributed by atoms with Crippen molar-refractivity contribution in [2.24, 2.45) is 0 Å². The molecular formula is C14H21N5O2S. The summed E-state index contributed by atoms with van der Waals surface area (Å²) in [5.74, 6) is 0.516. The lowest BCUT2D eigenvalue weighted by Crippen LogP contribution is -2.29. The molecule has 0 aliphatic rings. The predicted octanol–water partition coefficient (Wildman–Crippen LogP) is 1.82. The highest BCUT2D eigenvalue weighted by atomic mass is 32.1. The smallest absolute Gasteiger partial charge is 0.271 e. The zero-order valence-electron chi connectivity index (χ0n) is 13.1. The van der Waals surface area contributed by atoms with E-state index in [1.807, 2.05) is 11.5 Å². The van der Waals surface area contributed by atoms with E-state index < -0.39 is 0 Å². The summed E-state index contributed by atoms with van der Waals surface area (Å²) in [5, 5.41) is 13.7. The molecule has 0 fully saturated rings. The lowest BCUT2D eigenvalue weighted by atomic mass is 10.3. The molecule has 0 saturated carbocycles. The van der Waals surface area contributed by atoms with E-state index in [1.54, 1.807) is 18.8 Å². The molecule has 0 radical (unpaired) electrons. The number of nitrogens with one attached hydrogen (secondary N) is 1. The number of hydrogen-bond donors (Lipinski definition) is 1. The molecule has 2 aromatic heterocycles. The monoisotopic (exact) mass is 323 g/mol. The number of ether oxygens (including phenoxy) is 1. The third kappa shape index (κ3) is 4.11. The Morgan fingerprint density at radius 2 is 2.36 bits per heavy atom. The number of methoxy groups -OCH3 is 1. The van der Waals surface area contributed by atoms with Gasteiger partial charge >= 0.3 is 0 Å². The van der Waals surface area contributed by atoms with E-state index >= 15 is 0 Å². The number of carbonyl (C=O) groups excluding carboxylic acids is 1. The van der Waals surface area contributed by atoms with Crippen LogP contribution >= 0.6 is 11.3 Å². The van der Waals surface area contributed by atoms with E-state index in [0.29, 0.717) is 24.7 Å². The lowest BCUT2D eigenvalue weighted by Gasteiger charge is -2.13. The topological polar surface area (TPSA) is 81.9 Å². The van der Waals surface area contributed by atoms with Gasteiger partial charge in [-0.15, -0.1) is 21.5 Å². The third-order valence-corrected chi connectivity index (χ3v) is 4.07. The second kappa shape index (κ2) is 8.00. The van der Waals surface area contributed by atoms with E-state index in [4.69, 9.17) is 4.74 Å². The normalized spacial score (nSPS) is 12.3. The first-order valence-electron chi connectivity index (χ1n) is 7.27. The van der Waals surface area contributed by atoms with Gasteiger partial charge in [0.2, 0.25) is 0 Å². The maximum absolute atomic E-state index is 12.2. The highest BCUT2D eigenvalue weighted by Crippen LogP contribution is 2.14. The largest absolute Gasteiger partial charge is 0.383 e. The molecule has 22 heavy (non-hydrogen) atoms. The van der Waals surface area contributed by atoms with Gasteiger partial charge in [-0.2, -0.15) is 0 Å². The van der Waals surface area contributed by atoms with Gasteiger partial charge in [-0.3, -0.25) is 4.79 Å². The van der Waals surface area contributed by atoms with E-state index in [-0.39, 0.29) is 11.9 Å². The number of amides is 1. The zero-order chi connectivity index (χ0) is 15.9. The molecule has 1 atom stereocenters. The van der Waals surface area contributed by atoms with Gasteiger partial charge in [-0.05, 0) is 19.8 Å². The Kier molecular flexibility index (Phi) is 6.02. The van der Waals surface area contributed by atoms with Crippen molar-refractivity contribution < 1.29 is 9.53 Å². The molecule has 0 aliphatic carbocycles. The van der Waals surface area contributed by atoms with Gasteiger partial charge in [0.25, 0.3) is 5.91 Å². The number of thiazole rings is 1. The average molecular weight is 323 g/mol. The molecule has 0 saturated heterocycles. The van der Waals surface area contributed by atoms with Gasteiger partial charge in [0.15, 0.2) is 5.82 Å². The molecule has 0 aromatic carbocycles. The summed E-state index contributed by atoms with van der Waals surface area (Å²) < 4.78 is 6.93. The van der Waals surface area contributed by atoms with Crippen LogP contribution < -0.4 is 5.32 Å². The maximum atomic E-state index is 12.2. The van der Waals surface area contributed by atoms with Crippen LogP contribution in [-0.2, 0) is 17.7 Å². The maximum Gasteiger partial charge on any atom is 0.271 e. The van der Waals surface area contributed by atoms with Crippen molar-refractivity contribution in [3.8, 4) is 0 Å². The van der Waals surface area contributed by atoms with Crippen molar-refractivity contribution >= 4 is 17.2 Å². The van der Waals surface area contributed by atoms with Crippen LogP contribution in [0, 0.1) is 0 Å². The molecule has 7 nitrogen and oxygen atoms in total. The molecule has 2 rings (SSSR count). The minimum atomic E-state index is -0.247. The van der Waals surface area contributed by atoms with Gasteiger partial charge in [-0.25, -0.2) is 4.98 Å². The van der Waals surface area contributed by atoms with Gasteiger partial charge in [-0.1, -0.05) is 6.92 Å². The van der Waals surface area contributed by atoms with Crippen molar-refractivity contribution in [1.29, 1.82) is 0 Å². The average Bonchev–Trinajstić information content (AvgIpc) is 3.14. The number of rotatable bonds is 8. The van der Waals surface area contributed by atoms with Gasteiger partial charge in [0, 0.05) is 19.0 Å². The first-order chi connectivity index (χ1) is 10.7. The molecule has 120 valence electrons. The van der Waals surface area contributed by atoms with Crippen molar-refractivity contribution in [2.45, 2.75) is 39.3 Å². The SMILES string of the molecule is CCCc1nc(C(=O)N[C@@H](C)c2nncn2CCOC)cs1. The third-order valence-electron chi connectivity index (χ3n) is 3.16. The van der Waals surface area contributed by atoms with Crippen LogP contribution in [0.4, 0.5) is 0 Å². The van der Waals surface area contributed by atoms with Crippen LogP contribution in [0.3, 0.4) is 0 Å². The van der Waals surface area contributed by atoms with E-state index in [9.17, 15) is 4.79 Å². The molecule has 0 bridgehead atoms. The Morgan fingerprint density at radius 3 is 3.09 bits per heavy atom. The molecule has 0 spiro atoms. The van der Waals surface area contributed by atoms with Crippen molar-refractivity contribution in [2.75, 3.05) is 13.7 Å². The van der Waals surface area contributed by atoms with Gasteiger partial charge in [0.05, 0.1) is 17.7 Å². The van der Waals surface area contributed by atoms with E-state index in [1.165, 1.54) is 11.3 Å². The van der Waals surface area contributed by atoms with E-state index in [2.05, 4.69) is 27.4 Å². The molecule has 2 aromatic rings. The Bertz CT molecular complexity index is 610. The highest BCUT2D eigenvalue weighted by molar-refractivity contribution is 7.09. The second-order valence-electron chi connectivity index (χ2n) is 4.95. The summed E-state index contributed by atoms with van der Waals surface area (Å²) in [6.07, 6.45) is 3.56. The van der Waals surface area contributed by atoms with Gasteiger partial charge < -0.3 is 14.6 Å². The van der Waals surface area contributed by atoms with Crippen LogP contribution in [-0.4, -0.2) is 39.4 Å². The number of nitrogens with zero attached hydrogens (tertiary/aromatic N) is 4. The van der Waals surface area contributed by atoms with Crippen molar-refractivity contribution in [3.05, 3.63) is 28.2 Å². The quantitative estimate of drug-likeness (QED) is 0.801. The molecule has 1 amide bonds. The minimum Gasteiger partial charge on any atom is -0.383 e. The van der Waals surface area contributed by atoms with Crippen LogP contribution in [0.25, 0.3) is 0 Å². The molecule has 1 N–H and O–H groups in total. The summed E-state index contributed by atoms with van der Waals surface area (Å²) in [6.45, 7) is 5.19. The Balaban J connectivity index is 1.99. The minimum absolute atomic E-state index is 0.188. The first kappa shape index (κ1) is 16.6. The number of aryl methyl sites for hydroxylation is 1. The number of hydrogen-bond acceptors (Lipinski definition) is 6. The summed E-state index contributed by atoms with van der Waals surface area (Å²) in [5.41, 5.74) is 0.461. The fourth-order valence-corrected chi connectivity index (χ4v) is 2.92. The van der Waals surface area contributed by atoms with Crippen molar-refractivity contribution in [1.82, 2.24) is 25.1 Å². The van der Waals surface area contributed by atoms with E-state index in [0.717, 1.165) is 17.8 Å². The van der Waals surface area contributed by atoms with Crippen molar-refractivity contribution in [3.63, 3.8) is 0 Å². The zero-order valence-corrected chi connectivity index (χ0v) is 13.9. The lowest BCUT2D eigenvalue weighted by molar-refractivity contribution is 0.0932. The highest BCUT2D eigenvalue weighted by Gasteiger charge is 2.18. The number of carbonyl (C=O) groups is 1. The van der Waals surface area contributed by atoms with Crippen LogP contribution in [0.2, 0.25) is 0 Å². The standard InChI is InChI=1S/C14H21N5O2S/c1-4-5-12-17-11(8-22-12)14(20)16-10(2)13-18-15-9-19(13)6-7-21-3/h8-10H,4-7H2,1-3H3,(H,16,20)/t10-/m0/s1. The Hall–Kier alpha value is -1.80. The van der Waals surface area contributed by atoms with Crippen LogP contribution in [0.5, 0.6) is 0 Å². The summed E-state index contributed by atoms with van der Waals surface area (Å²) in [7, 11) is 1.64. The fourth-order valence-electron chi connectivity index (χ4n) is 2.04. The summed E-state index contributed by atoms with van der Waals surface area (Å²) in [6, 6.07) is -0.247. The molecular weight excluding hydrogens is 302 g/mol. The predicted molar refractivity (Wildman–Crippen MR) is 83.9 cm³/mol.